The zero-order valence-corrected chi connectivity index (χ0v) is 12.1. The van der Waals surface area contributed by atoms with Crippen molar-refractivity contribution in [2.45, 2.75) is 31.5 Å². The van der Waals surface area contributed by atoms with Gasteiger partial charge in [0.05, 0.1) is 6.73 Å². The van der Waals surface area contributed by atoms with E-state index in [1.807, 2.05) is 0 Å². The zero-order valence-electron chi connectivity index (χ0n) is 8.93. The van der Waals surface area contributed by atoms with Crippen molar-refractivity contribution in [1.29, 1.82) is 0 Å². The monoisotopic (exact) mass is 249 g/mol. The predicted octanol–water partition coefficient (Wildman–Crippen LogP) is -2.99. The second-order valence-electron chi connectivity index (χ2n) is 3.56. The van der Waals surface area contributed by atoms with Gasteiger partial charge in [0, 0.05) is 6.54 Å². The summed E-state index contributed by atoms with van der Waals surface area (Å²) in [5.41, 5.74) is -2.54. The van der Waals surface area contributed by atoms with E-state index in [2.05, 4.69) is 4.65 Å². The third-order valence-electron chi connectivity index (χ3n) is 2.43. The number of halogens is 3. The molecule has 0 bridgehead atoms. The summed E-state index contributed by atoms with van der Waals surface area (Å²) < 4.78 is 44.4. The van der Waals surface area contributed by atoms with Crippen LogP contribution in [0.5, 0.6) is 0 Å². The maximum absolute atomic E-state index is 13.4. The summed E-state index contributed by atoms with van der Waals surface area (Å²) in [6, 6.07) is -3.56. The molecule has 1 fully saturated rings. The quantitative estimate of drug-likeness (QED) is 0.395. The van der Waals surface area contributed by atoms with Gasteiger partial charge in [-0.15, -0.1) is 0 Å². The van der Waals surface area contributed by atoms with E-state index < -0.39 is 26.1 Å². The van der Waals surface area contributed by atoms with Crippen LogP contribution < -0.4 is 56.4 Å². The first-order valence-corrected chi connectivity index (χ1v) is 4.39. The summed E-state index contributed by atoms with van der Waals surface area (Å²) in [6.45, 7) is 0.402. The average molecular weight is 249 g/mol. The van der Waals surface area contributed by atoms with Gasteiger partial charge >= 0.3 is 57.4 Å². The molecule has 1 rings (SSSR count). The van der Waals surface area contributed by atoms with E-state index in [-0.39, 0.29) is 64.4 Å². The van der Waals surface area contributed by atoms with E-state index in [1.165, 1.54) is 0 Å². The normalized spacial score (nSPS) is 30.7. The average Bonchev–Trinajstić information content (AvgIpc) is 2.08. The molecular weight excluding hydrogens is 237 g/mol. The molecule has 0 saturated carbocycles. The molecule has 1 aliphatic heterocycles. The zero-order chi connectivity index (χ0) is 10.8. The van der Waals surface area contributed by atoms with Crippen molar-refractivity contribution in [2.75, 3.05) is 13.3 Å². The molecule has 15 heavy (non-hydrogen) atoms. The minimum Gasteiger partial charge on any atom is -0.859 e. The van der Waals surface area contributed by atoms with Crippen LogP contribution in [-0.2, 0) is 4.65 Å². The smallest absolute Gasteiger partial charge is 0.859 e. The number of piperidine rings is 1. The van der Waals surface area contributed by atoms with E-state index in [0.29, 0.717) is 11.3 Å². The van der Waals surface area contributed by atoms with Gasteiger partial charge in [0.15, 0.2) is 13.4 Å². The van der Waals surface area contributed by atoms with E-state index in [1.54, 1.807) is 0 Å². The Balaban J connectivity index is 0.00000196. The second-order valence-corrected chi connectivity index (χ2v) is 3.56. The summed E-state index contributed by atoms with van der Waals surface area (Å²) in [4.78, 5) is 0.564. The number of alkyl halides is 3. The second kappa shape index (κ2) is 6.34. The van der Waals surface area contributed by atoms with Crippen LogP contribution in [0.2, 0.25) is 0 Å². The predicted molar refractivity (Wildman–Crippen MR) is 43.5 cm³/mol. The molecule has 82 valence electrons. The molecule has 0 spiro atoms. The third-order valence-corrected chi connectivity index (χ3v) is 2.43. The Hall–Kier alpha value is 1.37. The van der Waals surface area contributed by atoms with Crippen molar-refractivity contribution < 1.29 is 74.2 Å². The van der Waals surface area contributed by atoms with Gasteiger partial charge in [0.1, 0.15) is 0 Å². The fraction of sp³-hybridized carbons (Fsp3) is 1.00. The van der Waals surface area contributed by atoms with Crippen molar-refractivity contribution in [3.63, 3.8) is 0 Å². The molecule has 0 aromatic carbocycles. The first-order chi connectivity index (χ1) is 6.42. The number of likely N-dealkylation sites (tertiary alicyclic amines) is 1. The van der Waals surface area contributed by atoms with Crippen LogP contribution in [0, 0.1) is 0 Å². The summed E-state index contributed by atoms with van der Waals surface area (Å²) in [7, 11) is -0.893. The van der Waals surface area contributed by atoms with Crippen molar-refractivity contribution in [2.24, 2.45) is 0 Å². The molecular formula is C7H12BF3KNO2. The van der Waals surface area contributed by atoms with Crippen molar-refractivity contribution in [1.82, 2.24) is 4.90 Å². The Labute approximate surface area is 130 Å². The number of nitrogens with zero attached hydrogens (tertiary/aromatic N) is 1. The fourth-order valence-electron chi connectivity index (χ4n) is 1.52. The van der Waals surface area contributed by atoms with E-state index >= 15 is 0 Å². The summed E-state index contributed by atoms with van der Waals surface area (Å²) >= 11 is 0. The van der Waals surface area contributed by atoms with Crippen LogP contribution in [0.4, 0.5) is 13.2 Å². The van der Waals surface area contributed by atoms with Gasteiger partial charge in [-0.05, 0) is 19.8 Å². The first kappa shape index (κ1) is 16.4. The number of hydrogen-bond donors (Lipinski definition) is 0. The molecule has 0 unspecified atom stereocenters. The van der Waals surface area contributed by atoms with Crippen LogP contribution in [-0.4, -0.2) is 37.6 Å². The Bertz CT molecular complexity index is 209. The minimum absolute atomic E-state index is 0. The molecule has 0 aromatic heterocycles. The van der Waals surface area contributed by atoms with Gasteiger partial charge in [0.25, 0.3) is 0 Å². The SMILES string of the molecule is C[C@]1(F)CCCN(COB[O-])C1(F)F.[K+]. The molecule has 8 heteroatoms. The number of rotatable bonds is 3. The molecule has 0 aliphatic carbocycles. The van der Waals surface area contributed by atoms with Gasteiger partial charge in [-0.1, -0.05) is 0 Å². The van der Waals surface area contributed by atoms with Crippen LogP contribution in [0.25, 0.3) is 0 Å². The largest absolute Gasteiger partial charge is 1.00 e. The van der Waals surface area contributed by atoms with Crippen LogP contribution in [0.15, 0.2) is 0 Å². The topological polar surface area (TPSA) is 35.5 Å². The summed E-state index contributed by atoms with van der Waals surface area (Å²) in [5.74, 6) is 0. The van der Waals surface area contributed by atoms with Crippen LogP contribution in [0.1, 0.15) is 19.8 Å². The molecule has 0 aromatic rings. The van der Waals surface area contributed by atoms with Crippen molar-refractivity contribution in [3.8, 4) is 0 Å². The molecule has 3 nitrogen and oxygen atoms in total. The molecule has 1 heterocycles. The summed E-state index contributed by atoms with van der Waals surface area (Å²) in [6.07, 6.45) is 0.165. The molecule has 0 amide bonds. The Kier molecular flexibility index (Phi) is 6.92. The molecule has 1 atom stereocenters. The number of hydrogen-bond acceptors (Lipinski definition) is 3. The van der Waals surface area contributed by atoms with E-state index in [4.69, 9.17) is 0 Å². The molecule has 0 radical (unpaired) electrons. The third kappa shape index (κ3) is 3.67. The maximum atomic E-state index is 13.4. The molecule has 1 saturated heterocycles. The maximum Gasteiger partial charge on any atom is 1.00 e. The van der Waals surface area contributed by atoms with Crippen LogP contribution >= 0.6 is 0 Å². The van der Waals surface area contributed by atoms with Gasteiger partial charge in [-0.3, -0.25) is 0 Å². The van der Waals surface area contributed by atoms with Crippen molar-refractivity contribution in [3.05, 3.63) is 0 Å². The first-order valence-electron chi connectivity index (χ1n) is 4.39. The molecule has 1 aliphatic rings. The minimum atomic E-state index is -3.56. The standard InChI is InChI=1S/C7H12BF3NO2.K/c1-6(9)3-2-4-12(5-14-8-13)7(6,10)11;/h8H,2-5H2,1H3;/q-1;+1/t6-;/m0./s1. The van der Waals surface area contributed by atoms with E-state index in [9.17, 15) is 18.2 Å². The summed E-state index contributed by atoms with van der Waals surface area (Å²) in [5, 5.41) is 9.96. The Morgan fingerprint density at radius 1 is 1.47 bits per heavy atom. The Morgan fingerprint density at radius 3 is 2.60 bits per heavy atom. The van der Waals surface area contributed by atoms with Gasteiger partial charge in [-0.25, -0.2) is 9.29 Å². The van der Waals surface area contributed by atoms with Gasteiger partial charge < -0.3 is 9.68 Å². The molecule has 0 N–H and O–H groups in total. The Morgan fingerprint density at radius 2 is 2.07 bits per heavy atom. The van der Waals surface area contributed by atoms with Gasteiger partial charge in [-0.2, -0.15) is 8.78 Å². The van der Waals surface area contributed by atoms with Gasteiger partial charge in [0.2, 0.25) is 0 Å². The van der Waals surface area contributed by atoms with E-state index in [0.717, 1.165) is 6.92 Å². The van der Waals surface area contributed by atoms with Crippen molar-refractivity contribution >= 4 is 7.69 Å². The van der Waals surface area contributed by atoms with Crippen LogP contribution in [0.3, 0.4) is 0 Å². The fourth-order valence-corrected chi connectivity index (χ4v) is 1.52.